The van der Waals surface area contributed by atoms with Crippen LogP contribution in [0.4, 0.5) is 0 Å². The molecule has 0 heterocycles. The fourth-order valence-corrected chi connectivity index (χ4v) is 1.34. The highest BCUT2D eigenvalue weighted by molar-refractivity contribution is 5.80. The molecule has 14 heavy (non-hydrogen) atoms. The summed E-state index contributed by atoms with van der Waals surface area (Å²) in [6.45, 7) is 6.80. The average molecular weight is 200 g/mol. The van der Waals surface area contributed by atoms with Gasteiger partial charge in [0.15, 0.2) is 0 Å². The molecule has 3 N–H and O–H groups in total. The molecule has 82 valence electrons. The van der Waals surface area contributed by atoms with Crippen molar-refractivity contribution in [2.75, 3.05) is 6.61 Å². The van der Waals surface area contributed by atoms with Crippen molar-refractivity contribution < 1.29 is 9.94 Å². The maximum Gasteiger partial charge on any atom is 0.139 e. The third-order valence-electron chi connectivity index (χ3n) is 2.45. The van der Waals surface area contributed by atoms with Gasteiger partial charge in [-0.2, -0.15) is 0 Å². The molecule has 0 bridgehead atoms. The van der Waals surface area contributed by atoms with Crippen LogP contribution in [0.5, 0.6) is 0 Å². The first-order valence-electron chi connectivity index (χ1n) is 4.97. The molecule has 1 saturated carbocycles. The second kappa shape index (κ2) is 3.77. The van der Waals surface area contributed by atoms with Gasteiger partial charge in [-0.25, -0.2) is 0 Å². The first-order chi connectivity index (χ1) is 6.37. The summed E-state index contributed by atoms with van der Waals surface area (Å²) in [5.74, 6) is 0.306. The smallest absolute Gasteiger partial charge is 0.139 e. The number of oxime groups is 1. The number of hydrogen-bond acceptors (Lipinski definition) is 3. The fraction of sp³-hybridized carbons (Fsp3) is 0.900. The molecule has 1 aliphatic carbocycles. The molecule has 0 aromatic carbocycles. The quantitative estimate of drug-likeness (QED) is 0.314. The van der Waals surface area contributed by atoms with E-state index in [0.29, 0.717) is 18.9 Å². The van der Waals surface area contributed by atoms with E-state index in [9.17, 15) is 0 Å². The van der Waals surface area contributed by atoms with Crippen LogP contribution >= 0.6 is 0 Å². The van der Waals surface area contributed by atoms with Crippen LogP contribution in [0.1, 0.15) is 40.0 Å². The number of amidine groups is 1. The maximum absolute atomic E-state index is 8.48. The van der Waals surface area contributed by atoms with E-state index >= 15 is 0 Å². The van der Waals surface area contributed by atoms with E-state index in [0.717, 1.165) is 12.8 Å². The van der Waals surface area contributed by atoms with Gasteiger partial charge in [-0.05, 0) is 33.6 Å². The highest BCUT2D eigenvalue weighted by Gasteiger charge is 2.44. The normalized spacial score (nSPS) is 20.9. The minimum absolute atomic E-state index is 0.110. The summed E-state index contributed by atoms with van der Waals surface area (Å²) >= 11 is 0. The Bertz CT molecular complexity index is 227. The SMILES string of the molecule is CC(C)(C)OCC1(CC(N)=NO)CC1. The number of nitrogens with two attached hydrogens (primary N) is 1. The molecular formula is C10H20N2O2. The molecule has 1 aliphatic rings. The lowest BCUT2D eigenvalue weighted by atomic mass is 10.0. The van der Waals surface area contributed by atoms with Crippen molar-refractivity contribution in [1.82, 2.24) is 0 Å². The van der Waals surface area contributed by atoms with Gasteiger partial charge in [-0.1, -0.05) is 5.16 Å². The van der Waals surface area contributed by atoms with Crippen molar-refractivity contribution in [2.45, 2.75) is 45.6 Å². The van der Waals surface area contributed by atoms with Gasteiger partial charge in [0.1, 0.15) is 5.84 Å². The van der Waals surface area contributed by atoms with Gasteiger partial charge >= 0.3 is 0 Å². The Morgan fingerprint density at radius 2 is 2.07 bits per heavy atom. The molecule has 0 radical (unpaired) electrons. The molecule has 0 aromatic rings. The van der Waals surface area contributed by atoms with E-state index in [1.807, 2.05) is 20.8 Å². The maximum atomic E-state index is 8.48. The number of ether oxygens (including phenoxy) is 1. The van der Waals surface area contributed by atoms with Crippen molar-refractivity contribution in [1.29, 1.82) is 0 Å². The van der Waals surface area contributed by atoms with E-state index in [2.05, 4.69) is 5.16 Å². The molecule has 1 rings (SSSR count). The third kappa shape index (κ3) is 3.54. The lowest BCUT2D eigenvalue weighted by Crippen LogP contribution is -2.27. The van der Waals surface area contributed by atoms with Crippen molar-refractivity contribution in [3.05, 3.63) is 0 Å². The minimum Gasteiger partial charge on any atom is -0.409 e. The lowest BCUT2D eigenvalue weighted by molar-refractivity contribution is -0.0267. The molecule has 4 nitrogen and oxygen atoms in total. The Hall–Kier alpha value is -0.770. The predicted octanol–water partition coefficient (Wildman–Crippen LogP) is 1.72. The number of hydrogen-bond donors (Lipinski definition) is 2. The third-order valence-corrected chi connectivity index (χ3v) is 2.45. The molecule has 0 spiro atoms. The van der Waals surface area contributed by atoms with E-state index in [1.54, 1.807) is 0 Å². The molecule has 0 amide bonds. The second-order valence-electron chi connectivity index (χ2n) is 5.17. The second-order valence-corrected chi connectivity index (χ2v) is 5.17. The minimum atomic E-state index is -0.110. The molecule has 4 heteroatoms. The zero-order chi connectivity index (χ0) is 10.8. The van der Waals surface area contributed by atoms with Crippen molar-refractivity contribution in [3.63, 3.8) is 0 Å². The van der Waals surface area contributed by atoms with Crippen molar-refractivity contribution in [3.8, 4) is 0 Å². The Morgan fingerprint density at radius 1 is 1.50 bits per heavy atom. The molecule has 0 atom stereocenters. The molecule has 0 aromatic heterocycles. The van der Waals surface area contributed by atoms with Gasteiger partial charge in [-0.15, -0.1) is 0 Å². The Labute approximate surface area is 85.1 Å². The summed E-state index contributed by atoms with van der Waals surface area (Å²) in [6, 6.07) is 0. The molecule has 0 unspecified atom stereocenters. The summed E-state index contributed by atoms with van der Waals surface area (Å²) < 4.78 is 5.71. The zero-order valence-corrected chi connectivity index (χ0v) is 9.21. The fourth-order valence-electron chi connectivity index (χ4n) is 1.34. The van der Waals surface area contributed by atoms with E-state index in [4.69, 9.17) is 15.7 Å². The topological polar surface area (TPSA) is 67.8 Å². The van der Waals surface area contributed by atoms with Crippen LogP contribution in [0, 0.1) is 5.41 Å². The van der Waals surface area contributed by atoms with Crippen LogP contribution in [-0.2, 0) is 4.74 Å². The van der Waals surface area contributed by atoms with Gasteiger partial charge < -0.3 is 15.7 Å². The molecule has 0 aliphatic heterocycles. The van der Waals surface area contributed by atoms with Gasteiger partial charge in [-0.3, -0.25) is 0 Å². The van der Waals surface area contributed by atoms with Crippen molar-refractivity contribution >= 4 is 5.84 Å². The van der Waals surface area contributed by atoms with E-state index in [1.165, 1.54) is 0 Å². The monoisotopic (exact) mass is 200 g/mol. The van der Waals surface area contributed by atoms with Gasteiger partial charge in [0.05, 0.1) is 12.2 Å². The van der Waals surface area contributed by atoms with Crippen LogP contribution < -0.4 is 5.73 Å². The Morgan fingerprint density at radius 3 is 2.43 bits per heavy atom. The molecule has 1 fully saturated rings. The number of nitrogens with zero attached hydrogens (tertiary/aromatic N) is 1. The first kappa shape index (κ1) is 11.3. The van der Waals surface area contributed by atoms with Crippen LogP contribution in [-0.4, -0.2) is 23.3 Å². The van der Waals surface area contributed by atoms with Crippen LogP contribution in [0.15, 0.2) is 5.16 Å². The number of rotatable bonds is 4. The zero-order valence-electron chi connectivity index (χ0n) is 9.21. The highest BCUT2D eigenvalue weighted by atomic mass is 16.5. The first-order valence-corrected chi connectivity index (χ1v) is 4.97. The summed E-state index contributed by atoms with van der Waals surface area (Å²) in [6.07, 6.45) is 2.86. The Balaban J connectivity index is 2.37. The van der Waals surface area contributed by atoms with Gasteiger partial charge in [0.25, 0.3) is 0 Å². The van der Waals surface area contributed by atoms with E-state index < -0.39 is 0 Å². The van der Waals surface area contributed by atoms with Gasteiger partial charge in [0, 0.05) is 11.8 Å². The van der Waals surface area contributed by atoms with Crippen molar-refractivity contribution in [2.24, 2.45) is 16.3 Å². The average Bonchev–Trinajstić information content (AvgIpc) is 2.81. The van der Waals surface area contributed by atoms with Gasteiger partial charge in [0.2, 0.25) is 0 Å². The van der Waals surface area contributed by atoms with Crippen LogP contribution in [0.25, 0.3) is 0 Å². The molecular weight excluding hydrogens is 180 g/mol. The van der Waals surface area contributed by atoms with Crippen LogP contribution in [0.3, 0.4) is 0 Å². The summed E-state index contributed by atoms with van der Waals surface area (Å²) in [5, 5.41) is 11.5. The summed E-state index contributed by atoms with van der Waals surface area (Å²) in [5.41, 5.74) is 5.51. The molecule has 0 saturated heterocycles. The summed E-state index contributed by atoms with van der Waals surface area (Å²) in [4.78, 5) is 0. The lowest BCUT2D eigenvalue weighted by Gasteiger charge is -2.23. The predicted molar refractivity (Wildman–Crippen MR) is 55.4 cm³/mol. The van der Waals surface area contributed by atoms with E-state index in [-0.39, 0.29) is 11.0 Å². The Kier molecular flexibility index (Phi) is 3.04. The summed E-state index contributed by atoms with van der Waals surface area (Å²) in [7, 11) is 0. The van der Waals surface area contributed by atoms with Crippen LogP contribution in [0.2, 0.25) is 0 Å². The standard InChI is InChI=1S/C10H20N2O2/c1-9(2,3)14-7-10(4-5-10)6-8(11)12-13/h13H,4-7H2,1-3H3,(H2,11,12). The highest BCUT2D eigenvalue weighted by Crippen LogP contribution is 2.49. The largest absolute Gasteiger partial charge is 0.409 e.